The molecule has 0 spiro atoms. The van der Waals surface area contributed by atoms with E-state index in [2.05, 4.69) is 9.97 Å². The molecule has 1 aromatic rings. The Bertz CT molecular complexity index is 627. The third-order valence-electron chi connectivity index (χ3n) is 5.16. The van der Waals surface area contributed by atoms with Crippen LogP contribution in [-0.2, 0) is 15.7 Å². The van der Waals surface area contributed by atoms with Crippen LogP contribution in [0.2, 0.25) is 0 Å². The van der Waals surface area contributed by atoms with Gasteiger partial charge in [0, 0.05) is 32.2 Å². The molecule has 4 atom stereocenters. The van der Waals surface area contributed by atoms with Gasteiger partial charge in [-0.3, -0.25) is 0 Å². The van der Waals surface area contributed by atoms with Gasteiger partial charge in [-0.15, -0.1) is 0 Å². The first kappa shape index (κ1) is 21.1. The first-order valence-electron chi connectivity index (χ1n) is 9.96. The molecular weight excluding hydrogens is 373 g/mol. The van der Waals surface area contributed by atoms with Gasteiger partial charge in [-0.25, -0.2) is 4.98 Å². The Morgan fingerprint density at radius 2 is 1.46 bits per heavy atom. The van der Waals surface area contributed by atoms with Crippen LogP contribution in [0.15, 0.2) is 6.07 Å². The lowest BCUT2D eigenvalue weighted by molar-refractivity contribution is -0.141. The van der Waals surface area contributed by atoms with Crippen LogP contribution < -0.4 is 9.80 Å². The van der Waals surface area contributed by atoms with Gasteiger partial charge < -0.3 is 19.3 Å². The molecule has 0 N–H and O–H groups in total. The Morgan fingerprint density at radius 3 is 2.00 bits per heavy atom. The van der Waals surface area contributed by atoms with Crippen molar-refractivity contribution < 1.29 is 22.6 Å². The standard InChI is InChI=1S/C19H29F3N4O2/c1-5-14-10-25(8-12(3)27-14)17-7-16(19(20,21)22)23-18(24-17)26-9-13(4)28-15(6-2)11-26/h7,12-15H,5-6,8-11H2,1-4H3. The highest BCUT2D eigenvalue weighted by Gasteiger charge is 2.36. The molecule has 28 heavy (non-hydrogen) atoms. The minimum atomic E-state index is -4.53. The summed E-state index contributed by atoms with van der Waals surface area (Å²) in [4.78, 5) is 12.1. The van der Waals surface area contributed by atoms with Gasteiger partial charge in [-0.05, 0) is 26.7 Å². The van der Waals surface area contributed by atoms with E-state index in [1.54, 1.807) is 0 Å². The first-order valence-corrected chi connectivity index (χ1v) is 9.96. The molecule has 1 aromatic heterocycles. The number of halogens is 3. The van der Waals surface area contributed by atoms with E-state index in [-0.39, 0.29) is 30.4 Å². The monoisotopic (exact) mass is 402 g/mol. The summed E-state index contributed by atoms with van der Waals surface area (Å²) in [6.45, 7) is 9.82. The molecule has 0 bridgehead atoms. The highest BCUT2D eigenvalue weighted by atomic mass is 19.4. The number of hydrogen-bond acceptors (Lipinski definition) is 6. The molecule has 2 aliphatic rings. The molecule has 0 amide bonds. The van der Waals surface area contributed by atoms with E-state index in [0.717, 1.165) is 18.9 Å². The number of alkyl halides is 3. The summed E-state index contributed by atoms with van der Waals surface area (Å²) in [5.74, 6) is 0.420. The number of nitrogens with zero attached hydrogens (tertiary/aromatic N) is 4. The zero-order valence-corrected chi connectivity index (χ0v) is 16.9. The number of anilines is 2. The molecule has 3 rings (SSSR count). The second-order valence-corrected chi connectivity index (χ2v) is 7.67. The quantitative estimate of drug-likeness (QED) is 0.768. The van der Waals surface area contributed by atoms with Crippen molar-refractivity contribution in [1.82, 2.24) is 9.97 Å². The van der Waals surface area contributed by atoms with Crippen molar-refractivity contribution in [3.63, 3.8) is 0 Å². The van der Waals surface area contributed by atoms with Crippen molar-refractivity contribution in [2.45, 2.75) is 71.1 Å². The Balaban J connectivity index is 1.95. The third-order valence-corrected chi connectivity index (χ3v) is 5.16. The molecule has 0 radical (unpaired) electrons. The fourth-order valence-electron chi connectivity index (χ4n) is 3.76. The van der Waals surface area contributed by atoms with Crippen molar-refractivity contribution in [2.75, 3.05) is 36.0 Å². The summed E-state index contributed by atoms with van der Waals surface area (Å²) in [6, 6.07) is 1.05. The highest BCUT2D eigenvalue weighted by Crippen LogP contribution is 2.33. The molecule has 3 heterocycles. The van der Waals surface area contributed by atoms with Gasteiger partial charge in [0.1, 0.15) is 5.82 Å². The summed E-state index contributed by atoms with van der Waals surface area (Å²) >= 11 is 0. The molecule has 2 aliphatic heterocycles. The molecule has 6 nitrogen and oxygen atoms in total. The highest BCUT2D eigenvalue weighted by molar-refractivity contribution is 5.47. The van der Waals surface area contributed by atoms with E-state index in [1.165, 1.54) is 0 Å². The molecule has 0 saturated carbocycles. The topological polar surface area (TPSA) is 50.7 Å². The second kappa shape index (κ2) is 8.41. The van der Waals surface area contributed by atoms with Gasteiger partial charge in [0.15, 0.2) is 5.69 Å². The zero-order valence-electron chi connectivity index (χ0n) is 16.9. The Hall–Kier alpha value is -1.61. The minimum Gasteiger partial charge on any atom is -0.372 e. The van der Waals surface area contributed by atoms with Crippen LogP contribution in [0, 0.1) is 0 Å². The van der Waals surface area contributed by atoms with Crippen molar-refractivity contribution >= 4 is 11.8 Å². The number of aromatic nitrogens is 2. The molecule has 2 fully saturated rings. The van der Waals surface area contributed by atoms with Gasteiger partial charge in [-0.2, -0.15) is 18.2 Å². The molecule has 4 unspecified atom stereocenters. The van der Waals surface area contributed by atoms with Gasteiger partial charge in [0.05, 0.1) is 24.4 Å². The average molecular weight is 402 g/mol. The summed E-state index contributed by atoms with van der Waals surface area (Å²) in [5.41, 5.74) is -0.910. The fraction of sp³-hybridized carbons (Fsp3) is 0.789. The van der Waals surface area contributed by atoms with Crippen LogP contribution >= 0.6 is 0 Å². The van der Waals surface area contributed by atoms with Gasteiger partial charge in [0.2, 0.25) is 5.95 Å². The molecule has 9 heteroatoms. The smallest absolute Gasteiger partial charge is 0.372 e. The number of rotatable bonds is 4. The van der Waals surface area contributed by atoms with Gasteiger partial charge in [-0.1, -0.05) is 13.8 Å². The zero-order chi connectivity index (χ0) is 20.5. The minimum absolute atomic E-state index is 0.0237. The van der Waals surface area contributed by atoms with Crippen molar-refractivity contribution in [3.05, 3.63) is 11.8 Å². The SMILES string of the molecule is CCC1CN(c2cc(C(F)(F)F)nc(N3CC(C)OC(CC)C3)n2)CC(C)O1. The van der Waals surface area contributed by atoms with Crippen LogP contribution in [-0.4, -0.2) is 60.6 Å². The van der Waals surface area contributed by atoms with E-state index >= 15 is 0 Å². The first-order chi connectivity index (χ1) is 13.2. The van der Waals surface area contributed by atoms with Crippen molar-refractivity contribution in [1.29, 1.82) is 0 Å². The Labute approximate surface area is 164 Å². The number of morpholine rings is 2. The maximum atomic E-state index is 13.5. The average Bonchev–Trinajstić information content (AvgIpc) is 2.65. The lowest BCUT2D eigenvalue weighted by Crippen LogP contribution is -2.48. The molecule has 0 aromatic carbocycles. The molecule has 2 saturated heterocycles. The Kier molecular flexibility index (Phi) is 6.34. The van der Waals surface area contributed by atoms with Crippen LogP contribution in [0.3, 0.4) is 0 Å². The maximum Gasteiger partial charge on any atom is 0.433 e. The lowest BCUT2D eigenvalue weighted by Gasteiger charge is -2.39. The summed E-state index contributed by atoms with van der Waals surface area (Å²) in [5, 5.41) is 0. The summed E-state index contributed by atoms with van der Waals surface area (Å²) in [7, 11) is 0. The Morgan fingerprint density at radius 1 is 0.929 bits per heavy atom. The fourth-order valence-corrected chi connectivity index (χ4v) is 3.76. The van der Waals surface area contributed by atoms with Crippen LogP contribution in [0.1, 0.15) is 46.2 Å². The van der Waals surface area contributed by atoms with Crippen molar-refractivity contribution in [3.8, 4) is 0 Å². The van der Waals surface area contributed by atoms with Crippen LogP contribution in [0.5, 0.6) is 0 Å². The largest absolute Gasteiger partial charge is 0.433 e. The normalized spacial score (nSPS) is 29.2. The number of ether oxygens (including phenoxy) is 2. The van der Waals surface area contributed by atoms with E-state index in [0.29, 0.717) is 32.0 Å². The summed E-state index contributed by atoms with van der Waals surface area (Å²) in [6.07, 6.45) is -3.18. The van der Waals surface area contributed by atoms with E-state index in [9.17, 15) is 13.2 Å². The van der Waals surface area contributed by atoms with Crippen LogP contribution in [0.4, 0.5) is 24.9 Å². The molecular formula is C19H29F3N4O2. The molecule has 0 aliphatic carbocycles. The van der Waals surface area contributed by atoms with Crippen LogP contribution in [0.25, 0.3) is 0 Å². The van der Waals surface area contributed by atoms with E-state index in [4.69, 9.17) is 9.47 Å². The third kappa shape index (κ3) is 4.86. The van der Waals surface area contributed by atoms with Gasteiger partial charge in [0.25, 0.3) is 0 Å². The predicted molar refractivity (Wildman–Crippen MR) is 101 cm³/mol. The molecule has 158 valence electrons. The maximum absolute atomic E-state index is 13.5. The summed E-state index contributed by atoms with van der Waals surface area (Å²) < 4.78 is 52.3. The number of hydrogen-bond donors (Lipinski definition) is 0. The predicted octanol–water partition coefficient (Wildman–Crippen LogP) is 3.50. The van der Waals surface area contributed by atoms with Crippen molar-refractivity contribution in [2.24, 2.45) is 0 Å². The second-order valence-electron chi connectivity index (χ2n) is 7.67. The van der Waals surface area contributed by atoms with E-state index in [1.807, 2.05) is 37.5 Å². The van der Waals surface area contributed by atoms with Gasteiger partial charge >= 0.3 is 6.18 Å². The lowest BCUT2D eigenvalue weighted by atomic mass is 10.1. The van der Waals surface area contributed by atoms with E-state index < -0.39 is 11.9 Å².